The van der Waals surface area contributed by atoms with E-state index >= 15 is 0 Å². The normalized spacial score (nSPS) is 10.1. The maximum absolute atomic E-state index is 11.8. The zero-order valence-electron chi connectivity index (χ0n) is 10.3. The summed E-state index contributed by atoms with van der Waals surface area (Å²) in [6, 6.07) is 3.50. The van der Waals surface area contributed by atoms with Gasteiger partial charge in [0.05, 0.1) is 18.1 Å². The van der Waals surface area contributed by atoms with Crippen LogP contribution in [0, 0.1) is 0 Å². The second-order valence-corrected chi connectivity index (χ2v) is 3.89. The molecule has 0 unspecified atom stereocenters. The van der Waals surface area contributed by atoms with Crippen molar-refractivity contribution in [2.75, 3.05) is 12.4 Å². The molecule has 0 aromatic carbocycles. The zero-order chi connectivity index (χ0) is 13.0. The molecule has 6 heteroatoms. The number of hydrogen-bond donors (Lipinski definition) is 2. The van der Waals surface area contributed by atoms with E-state index < -0.39 is 0 Å². The summed E-state index contributed by atoms with van der Waals surface area (Å²) in [4.78, 5) is 15.9. The number of amides is 1. The van der Waals surface area contributed by atoms with Gasteiger partial charge >= 0.3 is 0 Å². The third-order valence-corrected chi connectivity index (χ3v) is 2.50. The average molecular weight is 245 g/mol. The van der Waals surface area contributed by atoms with Crippen LogP contribution in [0.4, 0.5) is 5.69 Å². The minimum atomic E-state index is -0.193. The highest BCUT2D eigenvalue weighted by Gasteiger charge is 2.07. The van der Waals surface area contributed by atoms with E-state index in [4.69, 9.17) is 0 Å². The lowest BCUT2D eigenvalue weighted by atomic mass is 10.3. The molecule has 0 radical (unpaired) electrons. The van der Waals surface area contributed by atoms with Crippen molar-refractivity contribution >= 4 is 11.6 Å². The Morgan fingerprint density at radius 1 is 1.39 bits per heavy atom. The molecule has 1 amide bonds. The lowest BCUT2D eigenvalue weighted by Crippen LogP contribution is -2.23. The Morgan fingerprint density at radius 3 is 2.78 bits per heavy atom. The maximum atomic E-state index is 11.8. The Labute approximate surface area is 105 Å². The standard InChI is InChI=1S/C12H15N5O/c1-13-10-3-4-11(14-7-10)12(18)15-5-9-6-16-17(2)8-9/h3-4,6-8,13H,5H2,1-2H3,(H,15,18). The van der Waals surface area contributed by atoms with Crippen LogP contribution in [0.1, 0.15) is 16.1 Å². The van der Waals surface area contributed by atoms with Crippen LogP contribution in [0.15, 0.2) is 30.7 Å². The number of pyridine rings is 1. The van der Waals surface area contributed by atoms with E-state index in [2.05, 4.69) is 20.7 Å². The molecule has 0 atom stereocenters. The first kappa shape index (κ1) is 12.1. The number of nitrogens with one attached hydrogen (secondary N) is 2. The fourth-order valence-corrected chi connectivity index (χ4v) is 1.51. The molecule has 18 heavy (non-hydrogen) atoms. The Bertz CT molecular complexity index is 532. The van der Waals surface area contributed by atoms with Crippen LogP contribution < -0.4 is 10.6 Å². The van der Waals surface area contributed by atoms with Crippen molar-refractivity contribution < 1.29 is 4.79 Å². The summed E-state index contributed by atoms with van der Waals surface area (Å²) in [6.45, 7) is 0.447. The molecule has 0 fully saturated rings. The SMILES string of the molecule is CNc1ccc(C(=O)NCc2cnn(C)c2)nc1. The number of rotatable bonds is 4. The summed E-state index contributed by atoms with van der Waals surface area (Å²) >= 11 is 0. The second-order valence-electron chi connectivity index (χ2n) is 3.89. The lowest BCUT2D eigenvalue weighted by molar-refractivity contribution is 0.0946. The summed E-state index contributed by atoms with van der Waals surface area (Å²) < 4.78 is 1.70. The summed E-state index contributed by atoms with van der Waals surface area (Å²) in [5, 5.41) is 9.77. The van der Waals surface area contributed by atoms with Gasteiger partial charge < -0.3 is 10.6 Å². The quantitative estimate of drug-likeness (QED) is 0.835. The molecule has 0 spiro atoms. The molecule has 0 aliphatic carbocycles. The van der Waals surface area contributed by atoms with E-state index in [1.165, 1.54) is 0 Å². The summed E-state index contributed by atoms with van der Waals surface area (Å²) in [6.07, 6.45) is 5.20. The van der Waals surface area contributed by atoms with Crippen molar-refractivity contribution in [1.29, 1.82) is 0 Å². The number of carbonyl (C=O) groups is 1. The molecular weight excluding hydrogens is 230 g/mol. The molecule has 2 aromatic rings. The van der Waals surface area contributed by atoms with Crippen LogP contribution >= 0.6 is 0 Å². The van der Waals surface area contributed by atoms with Gasteiger partial charge in [-0.2, -0.15) is 5.10 Å². The number of aryl methyl sites for hydroxylation is 1. The number of carbonyl (C=O) groups excluding carboxylic acids is 1. The molecule has 0 aliphatic heterocycles. The first-order valence-corrected chi connectivity index (χ1v) is 5.58. The van der Waals surface area contributed by atoms with Gasteiger partial charge in [-0.1, -0.05) is 0 Å². The molecule has 0 bridgehead atoms. The van der Waals surface area contributed by atoms with Gasteiger partial charge in [0, 0.05) is 32.4 Å². The van der Waals surface area contributed by atoms with Gasteiger partial charge in [-0.3, -0.25) is 9.48 Å². The Kier molecular flexibility index (Phi) is 3.57. The fourth-order valence-electron chi connectivity index (χ4n) is 1.51. The third-order valence-electron chi connectivity index (χ3n) is 2.50. The largest absolute Gasteiger partial charge is 0.387 e. The molecule has 2 aromatic heterocycles. The van der Waals surface area contributed by atoms with Gasteiger partial charge in [-0.05, 0) is 12.1 Å². The van der Waals surface area contributed by atoms with Gasteiger partial charge in [0.2, 0.25) is 0 Å². The first-order valence-electron chi connectivity index (χ1n) is 5.58. The van der Waals surface area contributed by atoms with Crippen molar-refractivity contribution in [1.82, 2.24) is 20.1 Å². The Morgan fingerprint density at radius 2 is 2.22 bits per heavy atom. The Balaban J connectivity index is 1.94. The summed E-state index contributed by atoms with van der Waals surface area (Å²) in [7, 11) is 3.64. The highest BCUT2D eigenvalue weighted by molar-refractivity contribution is 5.92. The van der Waals surface area contributed by atoms with E-state index in [1.54, 1.807) is 30.2 Å². The molecule has 2 rings (SSSR count). The van der Waals surface area contributed by atoms with Crippen molar-refractivity contribution in [2.45, 2.75) is 6.54 Å². The number of hydrogen-bond acceptors (Lipinski definition) is 4. The average Bonchev–Trinajstić information content (AvgIpc) is 2.82. The summed E-state index contributed by atoms with van der Waals surface area (Å²) in [5.74, 6) is -0.193. The van der Waals surface area contributed by atoms with Crippen LogP contribution in [0.5, 0.6) is 0 Å². The topological polar surface area (TPSA) is 71.8 Å². The van der Waals surface area contributed by atoms with Crippen molar-refractivity contribution in [3.05, 3.63) is 42.0 Å². The zero-order valence-corrected chi connectivity index (χ0v) is 10.3. The number of nitrogens with zero attached hydrogens (tertiary/aromatic N) is 3. The fraction of sp³-hybridized carbons (Fsp3) is 0.250. The molecule has 0 aliphatic rings. The minimum absolute atomic E-state index is 0.193. The van der Waals surface area contributed by atoms with Crippen LogP contribution in [-0.4, -0.2) is 27.7 Å². The van der Waals surface area contributed by atoms with Gasteiger partial charge in [0.1, 0.15) is 5.69 Å². The van der Waals surface area contributed by atoms with E-state index in [-0.39, 0.29) is 5.91 Å². The molecule has 0 saturated heterocycles. The molecule has 0 saturated carbocycles. The molecule has 94 valence electrons. The molecule has 2 N–H and O–H groups in total. The van der Waals surface area contributed by atoms with Gasteiger partial charge in [0.25, 0.3) is 5.91 Å². The molecule has 2 heterocycles. The lowest BCUT2D eigenvalue weighted by Gasteiger charge is -2.04. The predicted octanol–water partition coefficient (Wildman–Crippen LogP) is 0.787. The number of aromatic nitrogens is 3. The van der Waals surface area contributed by atoms with E-state index in [0.717, 1.165) is 11.3 Å². The van der Waals surface area contributed by atoms with Crippen LogP contribution in [0.3, 0.4) is 0 Å². The monoisotopic (exact) mass is 245 g/mol. The van der Waals surface area contributed by atoms with E-state index in [0.29, 0.717) is 12.2 Å². The maximum Gasteiger partial charge on any atom is 0.270 e. The summed E-state index contributed by atoms with van der Waals surface area (Å²) in [5.41, 5.74) is 2.23. The highest BCUT2D eigenvalue weighted by atomic mass is 16.1. The van der Waals surface area contributed by atoms with E-state index in [9.17, 15) is 4.79 Å². The van der Waals surface area contributed by atoms with Gasteiger partial charge in [-0.15, -0.1) is 0 Å². The van der Waals surface area contributed by atoms with Crippen molar-refractivity contribution in [2.24, 2.45) is 7.05 Å². The van der Waals surface area contributed by atoms with Crippen LogP contribution in [-0.2, 0) is 13.6 Å². The second kappa shape index (κ2) is 5.31. The van der Waals surface area contributed by atoms with Crippen LogP contribution in [0.2, 0.25) is 0 Å². The van der Waals surface area contributed by atoms with Gasteiger partial charge in [0.15, 0.2) is 0 Å². The predicted molar refractivity (Wildman–Crippen MR) is 68.2 cm³/mol. The first-order chi connectivity index (χ1) is 8.69. The molecular formula is C12H15N5O. The van der Waals surface area contributed by atoms with Crippen molar-refractivity contribution in [3.63, 3.8) is 0 Å². The van der Waals surface area contributed by atoms with E-state index in [1.807, 2.05) is 19.3 Å². The van der Waals surface area contributed by atoms with Crippen LogP contribution in [0.25, 0.3) is 0 Å². The van der Waals surface area contributed by atoms with Gasteiger partial charge in [-0.25, -0.2) is 4.98 Å². The smallest absolute Gasteiger partial charge is 0.270 e. The third kappa shape index (κ3) is 2.85. The Hall–Kier alpha value is -2.37. The minimum Gasteiger partial charge on any atom is -0.387 e. The van der Waals surface area contributed by atoms with Crippen molar-refractivity contribution in [3.8, 4) is 0 Å². The number of anilines is 1. The molecule has 6 nitrogen and oxygen atoms in total. The highest BCUT2D eigenvalue weighted by Crippen LogP contribution is 2.05.